The van der Waals surface area contributed by atoms with Gasteiger partial charge < -0.3 is 42.9 Å². The third-order valence-corrected chi connectivity index (χ3v) is 8.83. The molecule has 11 nitrogen and oxygen atoms in total. The molecule has 2 aliphatic rings. The van der Waals surface area contributed by atoms with E-state index in [1.54, 1.807) is 27.7 Å². The van der Waals surface area contributed by atoms with Crippen LogP contribution in [-0.4, -0.2) is 77.0 Å². The topological polar surface area (TPSA) is 188 Å². The SMILES string of the molecule is CC(C)[C@H](N)C(=O)O.CC(C)[C@H](N)C(=O)O.CCN[C@H]1CCCCC[C@@H]1NCc1cccc(CN[C@H]2CCCCC[C@@H]2NC)n1.S.S.S.S.S.S.[Mn]. The molecular formula is C34H77MnN7O4S6. The van der Waals surface area contributed by atoms with Crippen LogP contribution in [0.5, 0.6) is 0 Å². The molecule has 6 atom stereocenters. The summed E-state index contributed by atoms with van der Waals surface area (Å²) in [7, 11) is 2.10. The first-order valence-corrected chi connectivity index (χ1v) is 17.2. The van der Waals surface area contributed by atoms with Crippen molar-refractivity contribution >= 4 is 92.9 Å². The van der Waals surface area contributed by atoms with Crippen molar-refractivity contribution in [3.8, 4) is 0 Å². The van der Waals surface area contributed by atoms with E-state index in [1.807, 2.05) is 0 Å². The van der Waals surface area contributed by atoms with E-state index in [2.05, 4.69) is 53.4 Å². The number of hydrogen-bond acceptors (Lipinski definition) is 9. The average molecular weight is 895 g/mol. The van der Waals surface area contributed by atoms with Crippen LogP contribution in [0.25, 0.3) is 0 Å². The molecule has 0 spiro atoms. The summed E-state index contributed by atoms with van der Waals surface area (Å²) in [5.74, 6) is -1.82. The van der Waals surface area contributed by atoms with E-state index >= 15 is 0 Å². The fourth-order valence-corrected chi connectivity index (χ4v) is 5.72. The van der Waals surface area contributed by atoms with Gasteiger partial charge in [-0.3, -0.25) is 14.6 Å². The summed E-state index contributed by atoms with van der Waals surface area (Å²) in [6.07, 6.45) is 13.2. The third-order valence-electron chi connectivity index (χ3n) is 8.83. The zero-order valence-corrected chi connectivity index (χ0v) is 39.4. The van der Waals surface area contributed by atoms with Crippen LogP contribution in [-0.2, 0) is 39.7 Å². The van der Waals surface area contributed by atoms with Gasteiger partial charge >= 0.3 is 11.9 Å². The number of carbonyl (C=O) groups is 2. The summed E-state index contributed by atoms with van der Waals surface area (Å²) < 4.78 is 0. The van der Waals surface area contributed by atoms with E-state index < -0.39 is 24.0 Å². The number of carboxylic acid groups (broad SMARTS) is 2. The fourth-order valence-electron chi connectivity index (χ4n) is 5.72. The Hall–Kier alpha value is 0.469. The van der Waals surface area contributed by atoms with Gasteiger partial charge in [-0.2, -0.15) is 81.0 Å². The summed E-state index contributed by atoms with van der Waals surface area (Å²) in [6, 6.07) is 7.36. The quantitative estimate of drug-likeness (QED) is 0.104. The van der Waals surface area contributed by atoms with Crippen molar-refractivity contribution in [3.05, 3.63) is 29.6 Å². The van der Waals surface area contributed by atoms with E-state index in [0.717, 1.165) is 31.0 Å². The molecule has 1 heterocycles. The van der Waals surface area contributed by atoms with Crippen LogP contribution in [0.1, 0.15) is 110 Å². The van der Waals surface area contributed by atoms with Crippen molar-refractivity contribution in [1.82, 2.24) is 26.3 Å². The summed E-state index contributed by atoms with van der Waals surface area (Å²) in [5.41, 5.74) is 12.6. The maximum absolute atomic E-state index is 10.0. The molecule has 1 aromatic heterocycles. The molecule has 1 aromatic rings. The average Bonchev–Trinajstić information content (AvgIpc) is 3.39. The number of rotatable bonds is 13. The molecular weight excluding hydrogens is 818 g/mol. The molecule has 0 aliphatic heterocycles. The molecule has 2 saturated carbocycles. The van der Waals surface area contributed by atoms with Gasteiger partial charge in [0.1, 0.15) is 12.1 Å². The van der Waals surface area contributed by atoms with E-state index in [4.69, 9.17) is 26.7 Å². The monoisotopic (exact) mass is 894 g/mol. The van der Waals surface area contributed by atoms with Gasteiger partial charge in [-0.25, -0.2) is 0 Å². The Labute approximate surface area is 368 Å². The Kier molecular flexibility index (Phi) is 51.3. The van der Waals surface area contributed by atoms with Gasteiger partial charge in [0, 0.05) is 54.3 Å². The number of aliphatic carboxylic acids is 2. The number of nitrogens with one attached hydrogen (secondary N) is 4. The molecule has 1 radical (unpaired) electrons. The number of nitrogens with two attached hydrogens (primary N) is 2. The Bertz CT molecular complexity index is 959. The second kappa shape index (κ2) is 39.7. The van der Waals surface area contributed by atoms with Crippen molar-refractivity contribution in [3.63, 3.8) is 0 Å². The van der Waals surface area contributed by atoms with Crippen LogP contribution in [0.15, 0.2) is 18.2 Å². The largest absolute Gasteiger partial charge is 0.480 e. The maximum Gasteiger partial charge on any atom is 0.320 e. The van der Waals surface area contributed by atoms with Crippen LogP contribution in [0, 0.1) is 11.8 Å². The van der Waals surface area contributed by atoms with Gasteiger partial charge in [0.15, 0.2) is 0 Å². The Balaban J connectivity index is -0.000000150. The van der Waals surface area contributed by atoms with Gasteiger partial charge in [-0.05, 0) is 63.2 Å². The minimum Gasteiger partial charge on any atom is -0.480 e. The molecule has 315 valence electrons. The minimum atomic E-state index is -0.931. The minimum absolute atomic E-state index is 0. The molecule has 0 amide bonds. The number of pyridine rings is 1. The predicted molar refractivity (Wildman–Crippen MR) is 245 cm³/mol. The number of nitrogens with zero attached hydrogens (tertiary/aromatic N) is 1. The van der Waals surface area contributed by atoms with Gasteiger partial charge in [-0.1, -0.05) is 79.2 Å². The van der Waals surface area contributed by atoms with Crippen molar-refractivity contribution in [2.45, 2.75) is 148 Å². The molecule has 2 aliphatic carbocycles. The Morgan fingerprint density at radius 1 is 0.673 bits per heavy atom. The molecule has 0 aromatic carbocycles. The van der Waals surface area contributed by atoms with Gasteiger partial charge in [0.25, 0.3) is 0 Å². The zero-order valence-electron chi connectivity index (χ0n) is 32.2. The molecule has 10 N–H and O–H groups in total. The molecule has 3 rings (SSSR count). The molecule has 0 bridgehead atoms. The van der Waals surface area contributed by atoms with Crippen LogP contribution in [0.2, 0.25) is 0 Å². The molecule has 0 unspecified atom stereocenters. The predicted octanol–water partition coefficient (Wildman–Crippen LogP) is 4.28. The van der Waals surface area contributed by atoms with Gasteiger partial charge in [0.05, 0.1) is 11.4 Å². The number of likely N-dealkylation sites (N-methyl/N-ethyl adjacent to an activating group) is 2. The summed E-state index contributed by atoms with van der Waals surface area (Å²) >= 11 is 0. The summed E-state index contributed by atoms with van der Waals surface area (Å²) in [6.45, 7) is 12.1. The van der Waals surface area contributed by atoms with Crippen LogP contribution in [0.4, 0.5) is 0 Å². The fraction of sp³-hybridized carbons (Fsp3) is 0.794. The van der Waals surface area contributed by atoms with Crippen molar-refractivity contribution in [2.24, 2.45) is 23.3 Å². The van der Waals surface area contributed by atoms with E-state index in [1.165, 1.54) is 64.2 Å². The van der Waals surface area contributed by atoms with Gasteiger partial charge in [-0.15, -0.1) is 0 Å². The number of aromatic nitrogens is 1. The Morgan fingerprint density at radius 2 is 1.00 bits per heavy atom. The van der Waals surface area contributed by atoms with E-state index in [-0.39, 0.29) is 110 Å². The van der Waals surface area contributed by atoms with Crippen molar-refractivity contribution < 1.29 is 36.9 Å². The summed E-state index contributed by atoms with van der Waals surface area (Å²) in [5, 5.41) is 31.3. The smallest absolute Gasteiger partial charge is 0.320 e. The third kappa shape index (κ3) is 28.8. The zero-order chi connectivity index (χ0) is 33.8. The maximum atomic E-state index is 10.0. The van der Waals surface area contributed by atoms with Crippen molar-refractivity contribution in [2.75, 3.05) is 13.6 Å². The van der Waals surface area contributed by atoms with Crippen LogP contribution < -0.4 is 32.7 Å². The van der Waals surface area contributed by atoms with Crippen molar-refractivity contribution in [1.29, 1.82) is 0 Å². The van der Waals surface area contributed by atoms with Crippen LogP contribution in [0.3, 0.4) is 0 Å². The van der Waals surface area contributed by atoms with Crippen LogP contribution >= 0.6 is 81.0 Å². The first kappa shape index (κ1) is 67.2. The first-order valence-electron chi connectivity index (χ1n) is 17.2. The standard InChI is InChI=1S/C24H43N5.2C5H11NO2.Mn.6H2S/c1-3-26-23-15-8-5-9-16-24(23)28-18-20-12-10-11-19(29-20)17-27-22-14-7-4-6-13-21(22)25-2;2*1-3(2)4(6)5(7)8;;;;;;;/h10-12,21-28H,3-9,13-18H2,1-2H3;2*3-4H,6H2,1-2H3,(H,7,8);;6*1H2/t21-,22-,23-,24-;2*4-;;;;;;;/m000......./s1. The molecule has 2 fully saturated rings. The van der Waals surface area contributed by atoms with Gasteiger partial charge in [0.2, 0.25) is 0 Å². The summed E-state index contributed by atoms with van der Waals surface area (Å²) in [4.78, 5) is 25.0. The Morgan fingerprint density at radius 3 is 1.29 bits per heavy atom. The van der Waals surface area contributed by atoms with E-state index in [9.17, 15) is 9.59 Å². The second-order valence-electron chi connectivity index (χ2n) is 13.1. The normalized spacial score (nSPS) is 20.3. The number of carboxylic acids is 2. The molecule has 18 heteroatoms. The molecule has 52 heavy (non-hydrogen) atoms. The van der Waals surface area contributed by atoms with E-state index in [0.29, 0.717) is 24.2 Å². The number of hydrogen-bond donors (Lipinski definition) is 8. The molecule has 0 saturated heterocycles. The second-order valence-corrected chi connectivity index (χ2v) is 13.1. The first-order chi connectivity index (χ1) is 21.4.